The fourth-order valence-corrected chi connectivity index (χ4v) is 3.84. The highest BCUT2D eigenvalue weighted by Crippen LogP contribution is 2.17. The van der Waals surface area contributed by atoms with Gasteiger partial charge >= 0.3 is 0 Å². The van der Waals surface area contributed by atoms with E-state index in [1.54, 1.807) is 0 Å². The Kier molecular flexibility index (Phi) is 10.7. The highest BCUT2D eigenvalue weighted by atomic mass is 32.2. The maximum atomic E-state index is 11.2. The molecule has 2 atom stereocenters. The van der Waals surface area contributed by atoms with Crippen LogP contribution in [0.5, 0.6) is 0 Å². The monoisotopic (exact) mass is 301 g/mol. The molecule has 2 unspecified atom stereocenters. The molecule has 1 aliphatic carbocycles. The Morgan fingerprint density at radius 1 is 0.950 bits per heavy atom. The lowest BCUT2D eigenvalue weighted by molar-refractivity contribution is 0.367. The highest BCUT2D eigenvalue weighted by Gasteiger charge is 2.12. The van der Waals surface area contributed by atoms with Crippen LogP contribution in [-0.2, 0) is 10.8 Å². The predicted octanol–water partition coefficient (Wildman–Crippen LogP) is 4.41. The van der Waals surface area contributed by atoms with E-state index in [2.05, 4.69) is 12.2 Å². The Morgan fingerprint density at radius 2 is 1.40 bits per heavy atom. The first-order valence-electron chi connectivity index (χ1n) is 8.74. The number of hydrogen-bond acceptors (Lipinski definition) is 2. The van der Waals surface area contributed by atoms with E-state index >= 15 is 0 Å². The topological polar surface area (TPSA) is 29.1 Å². The van der Waals surface area contributed by atoms with Crippen LogP contribution in [0.3, 0.4) is 0 Å². The van der Waals surface area contributed by atoms with Crippen molar-refractivity contribution in [3.8, 4) is 0 Å². The van der Waals surface area contributed by atoms with Gasteiger partial charge in [-0.1, -0.05) is 57.8 Å². The Hall–Kier alpha value is 0.110. The van der Waals surface area contributed by atoms with E-state index in [0.717, 1.165) is 12.2 Å². The van der Waals surface area contributed by atoms with Crippen LogP contribution in [0.4, 0.5) is 0 Å². The van der Waals surface area contributed by atoms with E-state index in [-0.39, 0.29) is 0 Å². The highest BCUT2D eigenvalue weighted by molar-refractivity contribution is 7.84. The van der Waals surface area contributed by atoms with Gasteiger partial charge in [0.05, 0.1) is 0 Å². The van der Waals surface area contributed by atoms with Crippen LogP contribution in [0.2, 0.25) is 0 Å². The first kappa shape index (κ1) is 18.2. The molecule has 1 fully saturated rings. The molecule has 0 amide bonds. The molecule has 3 heteroatoms. The fourth-order valence-electron chi connectivity index (χ4n) is 3.16. The SMILES string of the molecule is CC(CCS(C)=O)NC1CCCCCCCCCCC1. The van der Waals surface area contributed by atoms with Crippen molar-refractivity contribution in [3.05, 3.63) is 0 Å². The molecule has 1 aliphatic rings. The van der Waals surface area contributed by atoms with Gasteiger partial charge in [-0.2, -0.15) is 0 Å². The minimum atomic E-state index is -0.648. The van der Waals surface area contributed by atoms with Gasteiger partial charge in [0.25, 0.3) is 0 Å². The molecule has 0 aromatic heterocycles. The third-order valence-electron chi connectivity index (χ3n) is 4.46. The summed E-state index contributed by atoms with van der Waals surface area (Å²) < 4.78 is 11.2. The second-order valence-electron chi connectivity index (χ2n) is 6.59. The lowest BCUT2D eigenvalue weighted by Gasteiger charge is -2.24. The molecule has 0 aromatic rings. The van der Waals surface area contributed by atoms with Gasteiger partial charge in [0, 0.05) is 34.9 Å². The zero-order valence-electron chi connectivity index (χ0n) is 13.7. The maximum Gasteiger partial charge on any atom is 0.0246 e. The summed E-state index contributed by atoms with van der Waals surface area (Å²) in [7, 11) is -0.648. The molecule has 0 aromatic carbocycles. The van der Waals surface area contributed by atoms with Gasteiger partial charge in [-0.05, 0) is 26.2 Å². The van der Waals surface area contributed by atoms with Crippen LogP contribution in [0.25, 0.3) is 0 Å². The summed E-state index contributed by atoms with van der Waals surface area (Å²) in [6.07, 6.45) is 18.3. The van der Waals surface area contributed by atoms with Gasteiger partial charge in [-0.3, -0.25) is 4.21 Å². The summed E-state index contributed by atoms with van der Waals surface area (Å²) in [6, 6.07) is 1.20. The van der Waals surface area contributed by atoms with Crippen molar-refractivity contribution in [3.63, 3.8) is 0 Å². The minimum absolute atomic E-state index is 0.511. The first-order chi connectivity index (χ1) is 9.68. The Bertz CT molecular complexity index is 245. The second kappa shape index (κ2) is 11.7. The normalized spacial score (nSPS) is 23.5. The third kappa shape index (κ3) is 9.93. The fraction of sp³-hybridized carbons (Fsp3) is 1.00. The molecule has 1 rings (SSSR count). The van der Waals surface area contributed by atoms with E-state index in [4.69, 9.17) is 0 Å². The van der Waals surface area contributed by atoms with Gasteiger partial charge in [-0.25, -0.2) is 0 Å². The van der Waals surface area contributed by atoms with Gasteiger partial charge in [0.1, 0.15) is 0 Å². The average molecular weight is 302 g/mol. The average Bonchev–Trinajstić information content (AvgIpc) is 2.39. The summed E-state index contributed by atoms with van der Waals surface area (Å²) in [5, 5.41) is 3.79. The summed E-state index contributed by atoms with van der Waals surface area (Å²) >= 11 is 0. The van der Waals surface area contributed by atoms with E-state index in [1.165, 1.54) is 70.6 Å². The molecule has 1 N–H and O–H groups in total. The molecule has 0 heterocycles. The third-order valence-corrected chi connectivity index (χ3v) is 5.27. The lowest BCUT2D eigenvalue weighted by Crippen LogP contribution is -2.37. The number of nitrogens with one attached hydrogen (secondary N) is 1. The predicted molar refractivity (Wildman–Crippen MR) is 90.7 cm³/mol. The van der Waals surface area contributed by atoms with Gasteiger partial charge in [0.15, 0.2) is 0 Å². The molecule has 120 valence electrons. The van der Waals surface area contributed by atoms with Crippen LogP contribution in [0, 0.1) is 0 Å². The molecule has 0 bridgehead atoms. The summed E-state index contributed by atoms with van der Waals surface area (Å²) in [6.45, 7) is 2.25. The van der Waals surface area contributed by atoms with E-state index in [0.29, 0.717) is 12.1 Å². The Labute approximate surface area is 128 Å². The van der Waals surface area contributed by atoms with Crippen LogP contribution in [0.15, 0.2) is 0 Å². The molecule has 0 saturated heterocycles. The van der Waals surface area contributed by atoms with E-state index < -0.39 is 10.8 Å². The first-order valence-corrected chi connectivity index (χ1v) is 10.5. The lowest BCUT2D eigenvalue weighted by atomic mass is 9.97. The van der Waals surface area contributed by atoms with Gasteiger partial charge < -0.3 is 5.32 Å². The summed E-state index contributed by atoms with van der Waals surface area (Å²) in [5.41, 5.74) is 0. The van der Waals surface area contributed by atoms with Crippen molar-refractivity contribution < 1.29 is 4.21 Å². The second-order valence-corrected chi connectivity index (χ2v) is 8.14. The number of hydrogen-bond donors (Lipinski definition) is 1. The van der Waals surface area contributed by atoms with Gasteiger partial charge in [0.2, 0.25) is 0 Å². The summed E-state index contributed by atoms with van der Waals surface area (Å²) in [4.78, 5) is 0. The molecule has 0 spiro atoms. The minimum Gasteiger partial charge on any atom is -0.311 e. The van der Waals surface area contributed by atoms with Crippen LogP contribution >= 0.6 is 0 Å². The number of rotatable bonds is 5. The molecular formula is C17H35NOS. The van der Waals surface area contributed by atoms with Crippen molar-refractivity contribution in [1.82, 2.24) is 5.32 Å². The van der Waals surface area contributed by atoms with Gasteiger partial charge in [-0.15, -0.1) is 0 Å². The molecular weight excluding hydrogens is 266 g/mol. The van der Waals surface area contributed by atoms with Crippen molar-refractivity contribution in [2.75, 3.05) is 12.0 Å². The maximum absolute atomic E-state index is 11.2. The smallest absolute Gasteiger partial charge is 0.0246 e. The van der Waals surface area contributed by atoms with Crippen LogP contribution in [-0.4, -0.2) is 28.3 Å². The van der Waals surface area contributed by atoms with Crippen molar-refractivity contribution >= 4 is 10.8 Å². The van der Waals surface area contributed by atoms with E-state index in [9.17, 15) is 4.21 Å². The van der Waals surface area contributed by atoms with E-state index in [1.807, 2.05) is 6.26 Å². The molecule has 2 nitrogen and oxygen atoms in total. The van der Waals surface area contributed by atoms with Crippen molar-refractivity contribution in [1.29, 1.82) is 0 Å². The standard InChI is InChI=1S/C17H35NOS/c1-16(14-15-20(2)19)18-17-12-10-8-6-4-3-5-7-9-11-13-17/h16-18H,3-15H2,1-2H3. The molecule has 1 saturated carbocycles. The largest absolute Gasteiger partial charge is 0.311 e. The molecule has 0 radical (unpaired) electrons. The zero-order valence-corrected chi connectivity index (χ0v) is 14.5. The summed E-state index contributed by atoms with van der Waals surface area (Å²) in [5.74, 6) is 0.834. The van der Waals surface area contributed by atoms with Crippen molar-refractivity contribution in [2.45, 2.75) is 96.1 Å². The van der Waals surface area contributed by atoms with Crippen molar-refractivity contribution in [2.24, 2.45) is 0 Å². The molecule has 0 aliphatic heterocycles. The molecule has 20 heavy (non-hydrogen) atoms. The zero-order chi connectivity index (χ0) is 14.6. The Morgan fingerprint density at radius 3 is 1.85 bits per heavy atom. The van der Waals surface area contributed by atoms with Crippen LogP contribution in [0.1, 0.15) is 84.0 Å². The quantitative estimate of drug-likeness (QED) is 0.815. The Balaban J connectivity index is 2.28. The van der Waals surface area contributed by atoms with Crippen LogP contribution < -0.4 is 5.32 Å².